The summed E-state index contributed by atoms with van der Waals surface area (Å²) in [5, 5.41) is 6.57. The molecule has 0 saturated carbocycles. The SMILES string of the molecule is Cn1c(=O)n(CC(C)(C)C)c2ccc(C3CCCN(C(=O)c4cn[nH]c4)C3)nc21. The number of H-pyrrole nitrogens is 1. The van der Waals surface area contributed by atoms with Crippen molar-refractivity contribution in [3.63, 3.8) is 0 Å². The van der Waals surface area contributed by atoms with E-state index in [0.29, 0.717) is 24.3 Å². The van der Waals surface area contributed by atoms with Crippen molar-refractivity contribution in [3.8, 4) is 0 Å². The Kier molecular flexibility index (Phi) is 4.80. The van der Waals surface area contributed by atoms with Crippen molar-refractivity contribution in [1.82, 2.24) is 29.2 Å². The number of imidazole rings is 1. The van der Waals surface area contributed by atoms with Crippen LogP contribution in [0.2, 0.25) is 0 Å². The van der Waals surface area contributed by atoms with Gasteiger partial charge >= 0.3 is 5.69 Å². The molecule has 1 aliphatic heterocycles. The second-order valence-corrected chi connectivity index (χ2v) is 9.14. The van der Waals surface area contributed by atoms with Gasteiger partial charge in [0.15, 0.2) is 5.65 Å². The fraction of sp³-hybridized carbons (Fsp3) is 0.524. The number of carbonyl (C=O) groups excluding carboxylic acids is 1. The Morgan fingerprint density at radius 2 is 2.10 bits per heavy atom. The largest absolute Gasteiger partial charge is 0.338 e. The summed E-state index contributed by atoms with van der Waals surface area (Å²) in [5.41, 5.74) is 3.03. The molecular weight excluding hydrogens is 368 g/mol. The molecule has 3 aromatic heterocycles. The van der Waals surface area contributed by atoms with Crippen LogP contribution in [-0.4, -0.2) is 48.2 Å². The van der Waals surface area contributed by atoms with E-state index in [1.165, 1.54) is 0 Å². The highest BCUT2D eigenvalue weighted by molar-refractivity contribution is 5.93. The fourth-order valence-corrected chi connectivity index (χ4v) is 4.10. The number of piperidine rings is 1. The highest BCUT2D eigenvalue weighted by atomic mass is 16.2. The van der Waals surface area contributed by atoms with E-state index in [9.17, 15) is 9.59 Å². The molecular formula is C21H28N6O2. The van der Waals surface area contributed by atoms with Crippen molar-refractivity contribution in [3.05, 3.63) is 46.3 Å². The molecule has 1 aliphatic rings. The highest BCUT2D eigenvalue weighted by Crippen LogP contribution is 2.28. The van der Waals surface area contributed by atoms with Crippen LogP contribution >= 0.6 is 0 Å². The van der Waals surface area contributed by atoms with Crippen LogP contribution in [0, 0.1) is 5.41 Å². The summed E-state index contributed by atoms with van der Waals surface area (Å²) >= 11 is 0. The number of amides is 1. The summed E-state index contributed by atoms with van der Waals surface area (Å²) in [6, 6.07) is 4.01. The lowest BCUT2D eigenvalue weighted by molar-refractivity contribution is 0.0706. The summed E-state index contributed by atoms with van der Waals surface area (Å²) in [7, 11) is 1.77. The molecule has 8 nitrogen and oxygen atoms in total. The molecule has 0 spiro atoms. The minimum atomic E-state index is -0.0417. The molecule has 0 radical (unpaired) electrons. The van der Waals surface area contributed by atoms with Crippen molar-refractivity contribution >= 4 is 17.1 Å². The van der Waals surface area contributed by atoms with Crippen LogP contribution in [-0.2, 0) is 13.6 Å². The van der Waals surface area contributed by atoms with Crippen LogP contribution in [0.1, 0.15) is 55.6 Å². The molecule has 8 heteroatoms. The predicted octanol–water partition coefficient (Wildman–Crippen LogP) is 2.52. The maximum absolute atomic E-state index is 12.8. The number of nitrogens with zero attached hydrogens (tertiary/aromatic N) is 5. The number of aromatic amines is 1. The Morgan fingerprint density at radius 3 is 2.79 bits per heavy atom. The molecule has 1 unspecified atom stereocenters. The summed E-state index contributed by atoms with van der Waals surface area (Å²) in [6.45, 7) is 8.36. The third-order valence-corrected chi connectivity index (χ3v) is 5.51. The van der Waals surface area contributed by atoms with Gasteiger partial charge in [0, 0.05) is 44.5 Å². The lowest BCUT2D eigenvalue weighted by Crippen LogP contribution is -2.39. The summed E-state index contributed by atoms with van der Waals surface area (Å²) in [5.74, 6) is 0.151. The third kappa shape index (κ3) is 3.71. The van der Waals surface area contributed by atoms with Gasteiger partial charge in [0.05, 0.1) is 17.3 Å². The topological polar surface area (TPSA) is 88.8 Å². The van der Waals surface area contributed by atoms with Crippen LogP contribution in [0.25, 0.3) is 11.2 Å². The number of hydrogen-bond acceptors (Lipinski definition) is 4. The second kappa shape index (κ2) is 7.17. The molecule has 1 amide bonds. The predicted molar refractivity (Wildman–Crippen MR) is 111 cm³/mol. The molecule has 0 aromatic carbocycles. The van der Waals surface area contributed by atoms with Crippen molar-refractivity contribution in [2.24, 2.45) is 12.5 Å². The van der Waals surface area contributed by atoms with Gasteiger partial charge < -0.3 is 4.90 Å². The minimum Gasteiger partial charge on any atom is -0.338 e. The Hall–Kier alpha value is -2.90. The number of nitrogens with one attached hydrogen (secondary N) is 1. The lowest BCUT2D eigenvalue weighted by Gasteiger charge is -2.32. The van der Waals surface area contributed by atoms with Crippen molar-refractivity contribution < 1.29 is 4.79 Å². The van der Waals surface area contributed by atoms with Gasteiger partial charge in [-0.05, 0) is 30.4 Å². The molecule has 154 valence electrons. The van der Waals surface area contributed by atoms with Crippen LogP contribution in [0.5, 0.6) is 0 Å². The number of pyridine rings is 1. The monoisotopic (exact) mass is 396 g/mol. The zero-order chi connectivity index (χ0) is 20.8. The number of aromatic nitrogens is 5. The average Bonchev–Trinajstić information content (AvgIpc) is 3.30. The molecule has 1 saturated heterocycles. The Labute approximate surface area is 169 Å². The zero-order valence-corrected chi connectivity index (χ0v) is 17.5. The Balaban J connectivity index is 1.63. The first-order valence-corrected chi connectivity index (χ1v) is 10.1. The first-order valence-electron chi connectivity index (χ1n) is 10.1. The first-order chi connectivity index (χ1) is 13.7. The van der Waals surface area contributed by atoms with E-state index in [2.05, 4.69) is 31.0 Å². The van der Waals surface area contributed by atoms with E-state index in [1.54, 1.807) is 24.0 Å². The van der Waals surface area contributed by atoms with E-state index in [4.69, 9.17) is 4.98 Å². The van der Waals surface area contributed by atoms with Gasteiger partial charge in [-0.2, -0.15) is 5.10 Å². The number of hydrogen-bond donors (Lipinski definition) is 1. The van der Waals surface area contributed by atoms with Gasteiger partial charge in [-0.25, -0.2) is 9.78 Å². The minimum absolute atomic E-state index is 0.00586. The molecule has 1 fully saturated rings. The highest BCUT2D eigenvalue weighted by Gasteiger charge is 2.27. The smallest absolute Gasteiger partial charge is 0.330 e. The number of likely N-dealkylation sites (tertiary alicyclic amines) is 1. The standard InChI is InChI=1S/C21H28N6O2/c1-21(2,3)13-27-17-8-7-16(24-18(17)25(4)20(27)29)14-6-5-9-26(12-14)19(28)15-10-22-23-11-15/h7-8,10-11,14H,5-6,9,12-13H2,1-4H3,(H,22,23). The number of fused-ring (bicyclic) bond motifs is 1. The van der Waals surface area contributed by atoms with Crippen molar-refractivity contribution in [2.75, 3.05) is 13.1 Å². The van der Waals surface area contributed by atoms with Gasteiger partial charge in [-0.1, -0.05) is 20.8 Å². The van der Waals surface area contributed by atoms with E-state index >= 15 is 0 Å². The van der Waals surface area contributed by atoms with E-state index in [-0.39, 0.29) is 22.9 Å². The van der Waals surface area contributed by atoms with Gasteiger partial charge in [0.25, 0.3) is 5.91 Å². The molecule has 29 heavy (non-hydrogen) atoms. The Morgan fingerprint density at radius 1 is 1.31 bits per heavy atom. The van der Waals surface area contributed by atoms with E-state index < -0.39 is 0 Å². The molecule has 0 bridgehead atoms. The molecule has 3 aromatic rings. The summed E-state index contributed by atoms with van der Waals surface area (Å²) < 4.78 is 3.43. The average molecular weight is 396 g/mol. The third-order valence-electron chi connectivity index (χ3n) is 5.51. The second-order valence-electron chi connectivity index (χ2n) is 9.14. The summed E-state index contributed by atoms with van der Waals surface area (Å²) in [4.78, 5) is 32.2. The Bertz CT molecular complexity index is 1090. The van der Waals surface area contributed by atoms with Crippen LogP contribution in [0.15, 0.2) is 29.3 Å². The maximum Gasteiger partial charge on any atom is 0.330 e. The number of carbonyl (C=O) groups is 1. The van der Waals surface area contributed by atoms with Gasteiger partial charge in [-0.15, -0.1) is 0 Å². The fourth-order valence-electron chi connectivity index (χ4n) is 4.10. The molecule has 1 N–H and O–H groups in total. The van der Waals surface area contributed by atoms with Crippen LogP contribution in [0.4, 0.5) is 0 Å². The van der Waals surface area contributed by atoms with Crippen molar-refractivity contribution in [1.29, 1.82) is 0 Å². The van der Waals surface area contributed by atoms with E-state index in [1.807, 2.05) is 21.6 Å². The van der Waals surface area contributed by atoms with Crippen LogP contribution in [0.3, 0.4) is 0 Å². The molecule has 4 heterocycles. The van der Waals surface area contributed by atoms with Gasteiger partial charge in [0.1, 0.15) is 0 Å². The van der Waals surface area contributed by atoms with Gasteiger partial charge in [-0.3, -0.25) is 19.0 Å². The maximum atomic E-state index is 12.8. The molecule has 0 aliphatic carbocycles. The van der Waals surface area contributed by atoms with Crippen molar-refractivity contribution in [2.45, 2.75) is 46.1 Å². The lowest BCUT2D eigenvalue weighted by atomic mass is 9.93. The van der Waals surface area contributed by atoms with Crippen LogP contribution < -0.4 is 5.69 Å². The quantitative estimate of drug-likeness (QED) is 0.737. The number of aryl methyl sites for hydroxylation is 1. The normalized spacial score (nSPS) is 17.8. The van der Waals surface area contributed by atoms with Gasteiger partial charge in [0.2, 0.25) is 0 Å². The summed E-state index contributed by atoms with van der Waals surface area (Å²) in [6.07, 6.45) is 5.09. The van der Waals surface area contributed by atoms with E-state index in [0.717, 1.165) is 30.6 Å². The zero-order valence-electron chi connectivity index (χ0n) is 17.5. The molecule has 4 rings (SSSR count). The first kappa shape index (κ1) is 19.4. The number of rotatable bonds is 3. The molecule has 1 atom stereocenters.